The zero-order chi connectivity index (χ0) is 22.0. The number of methoxy groups -OCH3 is 1. The van der Waals surface area contributed by atoms with Crippen molar-refractivity contribution in [1.82, 2.24) is 0 Å². The fourth-order valence-corrected chi connectivity index (χ4v) is 4.51. The molecule has 2 rings (SSSR count). The Labute approximate surface area is 174 Å². The van der Waals surface area contributed by atoms with E-state index in [1.807, 2.05) is 0 Å². The highest BCUT2D eigenvalue weighted by Crippen LogP contribution is 2.54. The standard InChI is InChI=1S/C21H26ClNO6/c1-12(17(24)29-3)10-20(18(25)26)9-8-16(23)21(13(20)2,19(27)28)11-14-4-6-15(22)7-5-14/h4-8,12-13H,9-11,23H2,1-3H3,(H,25,26)(H,27,28)/t12?,13?,20?,21-/m0/s1. The summed E-state index contributed by atoms with van der Waals surface area (Å²) < 4.78 is 4.74. The number of carboxylic acid groups (broad SMARTS) is 2. The zero-order valence-electron chi connectivity index (χ0n) is 16.6. The van der Waals surface area contributed by atoms with E-state index in [-0.39, 0.29) is 25.0 Å². The number of nitrogens with two attached hydrogens (primary N) is 1. The van der Waals surface area contributed by atoms with Crippen LogP contribution in [-0.2, 0) is 25.5 Å². The fraction of sp³-hybridized carbons (Fsp3) is 0.476. The average molecular weight is 424 g/mol. The minimum absolute atomic E-state index is 0.00460. The summed E-state index contributed by atoms with van der Waals surface area (Å²) in [6.07, 6.45) is 1.45. The van der Waals surface area contributed by atoms with Crippen molar-refractivity contribution in [3.63, 3.8) is 0 Å². The van der Waals surface area contributed by atoms with E-state index in [1.54, 1.807) is 38.1 Å². The molecule has 7 nitrogen and oxygen atoms in total. The molecule has 4 atom stereocenters. The van der Waals surface area contributed by atoms with Gasteiger partial charge in [0, 0.05) is 10.7 Å². The highest BCUT2D eigenvalue weighted by atomic mass is 35.5. The molecule has 0 aromatic heterocycles. The van der Waals surface area contributed by atoms with Gasteiger partial charge < -0.3 is 20.7 Å². The Hall–Kier alpha value is -2.54. The maximum atomic E-state index is 12.5. The van der Waals surface area contributed by atoms with Crippen molar-refractivity contribution in [2.75, 3.05) is 7.11 Å². The van der Waals surface area contributed by atoms with E-state index < -0.39 is 40.6 Å². The van der Waals surface area contributed by atoms with Crippen LogP contribution in [0.1, 0.15) is 32.3 Å². The second-order valence-electron chi connectivity index (χ2n) is 7.75. The Bertz CT molecular complexity index is 836. The van der Waals surface area contributed by atoms with Crippen molar-refractivity contribution in [3.8, 4) is 0 Å². The molecule has 0 fully saturated rings. The highest BCUT2D eigenvalue weighted by molar-refractivity contribution is 6.30. The summed E-state index contributed by atoms with van der Waals surface area (Å²) >= 11 is 5.92. The number of ether oxygens (including phenoxy) is 1. The van der Waals surface area contributed by atoms with E-state index >= 15 is 0 Å². The molecule has 1 aliphatic carbocycles. The number of carbonyl (C=O) groups is 3. The molecule has 0 radical (unpaired) electrons. The molecule has 0 aliphatic heterocycles. The number of hydrogen-bond acceptors (Lipinski definition) is 5. The molecule has 3 unspecified atom stereocenters. The van der Waals surface area contributed by atoms with Crippen LogP contribution in [0.15, 0.2) is 36.0 Å². The van der Waals surface area contributed by atoms with E-state index in [0.717, 1.165) is 0 Å². The molecule has 0 heterocycles. The van der Waals surface area contributed by atoms with Crippen molar-refractivity contribution in [2.24, 2.45) is 28.4 Å². The molecule has 158 valence electrons. The van der Waals surface area contributed by atoms with Gasteiger partial charge in [0.25, 0.3) is 0 Å². The summed E-state index contributed by atoms with van der Waals surface area (Å²) in [7, 11) is 1.23. The lowest BCUT2D eigenvalue weighted by atomic mass is 9.53. The Balaban J connectivity index is 2.58. The molecule has 0 bridgehead atoms. The average Bonchev–Trinajstić information content (AvgIpc) is 2.67. The highest BCUT2D eigenvalue weighted by Gasteiger charge is 2.60. The molecule has 1 aromatic rings. The third-order valence-corrected chi connectivity index (χ3v) is 6.50. The fourth-order valence-electron chi connectivity index (χ4n) is 4.39. The second-order valence-corrected chi connectivity index (χ2v) is 8.19. The molecular formula is C21H26ClNO6. The van der Waals surface area contributed by atoms with Gasteiger partial charge in [-0.2, -0.15) is 0 Å². The van der Waals surface area contributed by atoms with Crippen molar-refractivity contribution >= 4 is 29.5 Å². The minimum atomic E-state index is -1.64. The number of benzene rings is 1. The van der Waals surface area contributed by atoms with Gasteiger partial charge in [-0.1, -0.05) is 43.7 Å². The first kappa shape index (κ1) is 22.7. The molecule has 0 saturated heterocycles. The van der Waals surface area contributed by atoms with Gasteiger partial charge in [0.05, 0.1) is 18.4 Å². The smallest absolute Gasteiger partial charge is 0.316 e. The second kappa shape index (κ2) is 8.45. The number of aliphatic carboxylic acids is 2. The third kappa shape index (κ3) is 3.96. The van der Waals surface area contributed by atoms with Gasteiger partial charge in [0.2, 0.25) is 0 Å². The van der Waals surface area contributed by atoms with Gasteiger partial charge in [-0.25, -0.2) is 0 Å². The minimum Gasteiger partial charge on any atom is -0.481 e. The van der Waals surface area contributed by atoms with Crippen LogP contribution in [0.3, 0.4) is 0 Å². The molecule has 0 saturated carbocycles. The van der Waals surface area contributed by atoms with E-state index in [4.69, 9.17) is 22.1 Å². The molecule has 1 aromatic carbocycles. The lowest BCUT2D eigenvalue weighted by Crippen LogP contribution is -2.56. The van der Waals surface area contributed by atoms with E-state index in [2.05, 4.69) is 0 Å². The SMILES string of the molecule is COC(=O)C(C)CC1(C(=O)O)CC=C(N)[C@@](Cc2ccc(Cl)cc2)(C(=O)O)C1C. The first-order valence-electron chi connectivity index (χ1n) is 9.26. The molecule has 0 amide bonds. The lowest BCUT2D eigenvalue weighted by Gasteiger charge is -2.49. The monoisotopic (exact) mass is 423 g/mol. The van der Waals surface area contributed by atoms with Gasteiger partial charge >= 0.3 is 17.9 Å². The normalized spacial score (nSPS) is 27.6. The Morgan fingerprint density at radius 1 is 1.24 bits per heavy atom. The number of carboxylic acids is 2. The van der Waals surface area contributed by atoms with Crippen LogP contribution in [0.5, 0.6) is 0 Å². The number of esters is 1. The largest absolute Gasteiger partial charge is 0.481 e. The number of rotatable bonds is 7. The van der Waals surface area contributed by atoms with Gasteiger partial charge in [0.15, 0.2) is 0 Å². The van der Waals surface area contributed by atoms with Crippen molar-refractivity contribution in [3.05, 3.63) is 46.6 Å². The van der Waals surface area contributed by atoms with E-state index in [1.165, 1.54) is 13.2 Å². The first-order chi connectivity index (χ1) is 13.5. The van der Waals surface area contributed by atoms with E-state index in [0.29, 0.717) is 10.6 Å². The van der Waals surface area contributed by atoms with Gasteiger partial charge in [-0.15, -0.1) is 0 Å². The van der Waals surface area contributed by atoms with Gasteiger partial charge in [0.1, 0.15) is 5.41 Å². The van der Waals surface area contributed by atoms with Gasteiger partial charge in [-0.3, -0.25) is 14.4 Å². The number of hydrogen-bond donors (Lipinski definition) is 3. The van der Waals surface area contributed by atoms with Crippen molar-refractivity contribution in [1.29, 1.82) is 0 Å². The summed E-state index contributed by atoms with van der Waals surface area (Å²) in [4.78, 5) is 36.9. The van der Waals surface area contributed by atoms with Crippen molar-refractivity contribution < 1.29 is 29.3 Å². The summed E-state index contributed by atoms with van der Waals surface area (Å²) in [5.41, 5.74) is 3.86. The summed E-state index contributed by atoms with van der Waals surface area (Å²) in [6.45, 7) is 3.16. The van der Waals surface area contributed by atoms with Crippen LogP contribution < -0.4 is 5.73 Å². The zero-order valence-corrected chi connectivity index (χ0v) is 17.4. The Kier molecular flexibility index (Phi) is 6.63. The lowest BCUT2D eigenvalue weighted by molar-refractivity contribution is -0.167. The molecule has 0 spiro atoms. The third-order valence-electron chi connectivity index (χ3n) is 6.25. The van der Waals surface area contributed by atoms with Crippen LogP contribution in [0.25, 0.3) is 0 Å². The number of halogens is 1. The number of allylic oxidation sites excluding steroid dienone is 1. The molecule has 4 N–H and O–H groups in total. The maximum absolute atomic E-state index is 12.5. The maximum Gasteiger partial charge on any atom is 0.316 e. The summed E-state index contributed by atoms with van der Waals surface area (Å²) in [6, 6.07) is 6.68. The predicted molar refractivity (Wildman–Crippen MR) is 107 cm³/mol. The Morgan fingerprint density at radius 3 is 2.31 bits per heavy atom. The van der Waals surface area contributed by atoms with Crippen LogP contribution in [0.2, 0.25) is 5.02 Å². The van der Waals surface area contributed by atoms with Crippen LogP contribution >= 0.6 is 11.6 Å². The summed E-state index contributed by atoms with van der Waals surface area (Å²) in [5, 5.41) is 20.9. The van der Waals surface area contributed by atoms with Crippen molar-refractivity contribution in [2.45, 2.75) is 33.1 Å². The predicted octanol–water partition coefficient (Wildman–Crippen LogP) is 3.11. The van der Waals surface area contributed by atoms with Crippen LogP contribution in [-0.4, -0.2) is 35.2 Å². The van der Waals surface area contributed by atoms with Crippen LogP contribution in [0.4, 0.5) is 0 Å². The molecule has 29 heavy (non-hydrogen) atoms. The van der Waals surface area contributed by atoms with E-state index in [9.17, 15) is 24.6 Å². The summed E-state index contributed by atoms with van der Waals surface area (Å²) in [5.74, 6) is -4.51. The molecule has 8 heteroatoms. The Morgan fingerprint density at radius 2 is 1.83 bits per heavy atom. The first-order valence-corrected chi connectivity index (χ1v) is 9.64. The number of carbonyl (C=O) groups excluding carboxylic acids is 1. The van der Waals surface area contributed by atoms with Crippen LogP contribution in [0, 0.1) is 22.7 Å². The quantitative estimate of drug-likeness (QED) is 0.575. The molecular weight excluding hydrogens is 398 g/mol. The molecule has 1 aliphatic rings. The van der Waals surface area contributed by atoms with Gasteiger partial charge in [-0.05, 0) is 42.9 Å². The topological polar surface area (TPSA) is 127 Å².